The molecule has 9 aromatic rings. The lowest BCUT2D eigenvalue weighted by Gasteiger charge is -2.31. The molecule has 1 nitrogen and oxygen atoms in total. The Balaban J connectivity index is 1.41. The van der Waals surface area contributed by atoms with E-state index in [1.165, 1.54) is 71.4 Å². The summed E-state index contributed by atoms with van der Waals surface area (Å²) in [7, 11) is 0. The average Bonchev–Trinajstić information content (AvgIpc) is 3.19. The van der Waals surface area contributed by atoms with E-state index >= 15 is 0 Å². The van der Waals surface area contributed by atoms with Crippen LogP contribution in [0, 0.1) is 0 Å². The van der Waals surface area contributed by atoms with Gasteiger partial charge in [0.05, 0.1) is 5.69 Å². The van der Waals surface area contributed by atoms with Gasteiger partial charge in [-0.1, -0.05) is 170 Å². The van der Waals surface area contributed by atoms with Crippen LogP contribution in [0.2, 0.25) is 0 Å². The molecule has 0 heterocycles. The third-order valence-electron chi connectivity index (χ3n) is 9.59. The monoisotopic (exact) mass is 623 g/mol. The number of anilines is 3. The minimum absolute atomic E-state index is 1.11. The van der Waals surface area contributed by atoms with E-state index < -0.39 is 0 Å². The van der Waals surface area contributed by atoms with Crippen LogP contribution in [0.15, 0.2) is 200 Å². The summed E-state index contributed by atoms with van der Waals surface area (Å²) in [6, 6.07) is 72.6. The van der Waals surface area contributed by atoms with E-state index in [0.717, 1.165) is 11.4 Å². The van der Waals surface area contributed by atoms with E-state index in [1.54, 1.807) is 0 Å². The van der Waals surface area contributed by atoms with Crippen molar-refractivity contribution in [2.75, 3.05) is 4.90 Å². The maximum Gasteiger partial charge on any atom is 0.0624 e. The van der Waals surface area contributed by atoms with E-state index in [1.807, 2.05) is 0 Å². The first-order valence-electron chi connectivity index (χ1n) is 16.9. The summed E-state index contributed by atoms with van der Waals surface area (Å²) >= 11 is 0. The lowest BCUT2D eigenvalue weighted by Crippen LogP contribution is -2.12. The Morgan fingerprint density at radius 3 is 1.35 bits per heavy atom. The number of rotatable bonds is 6. The van der Waals surface area contributed by atoms with Crippen molar-refractivity contribution in [3.05, 3.63) is 200 Å². The van der Waals surface area contributed by atoms with E-state index in [2.05, 4.69) is 205 Å². The Kier molecular flexibility index (Phi) is 7.22. The minimum Gasteiger partial charge on any atom is -0.309 e. The Morgan fingerprint density at radius 1 is 0.265 bits per heavy atom. The van der Waals surface area contributed by atoms with Crippen LogP contribution < -0.4 is 4.90 Å². The average molecular weight is 624 g/mol. The summed E-state index contributed by atoms with van der Waals surface area (Å²) in [5, 5.41) is 7.39. The molecular formula is C48H33N. The van der Waals surface area contributed by atoms with E-state index in [0.29, 0.717) is 0 Å². The molecule has 1 heteroatoms. The normalized spacial score (nSPS) is 11.3. The predicted molar refractivity (Wildman–Crippen MR) is 210 cm³/mol. The summed E-state index contributed by atoms with van der Waals surface area (Å²) in [6.45, 7) is 0. The molecule has 0 aliphatic carbocycles. The first kappa shape index (κ1) is 28.8. The number of hydrogen-bond donors (Lipinski definition) is 0. The van der Waals surface area contributed by atoms with Crippen molar-refractivity contribution in [1.82, 2.24) is 0 Å². The van der Waals surface area contributed by atoms with Gasteiger partial charge in [0.15, 0.2) is 0 Å². The zero-order chi connectivity index (χ0) is 32.6. The molecule has 0 unspecified atom stereocenters. The highest BCUT2D eigenvalue weighted by Gasteiger charge is 2.24. The molecule has 9 aromatic carbocycles. The van der Waals surface area contributed by atoms with Crippen LogP contribution in [0.1, 0.15) is 0 Å². The highest BCUT2D eigenvalue weighted by molar-refractivity contribution is 6.22. The van der Waals surface area contributed by atoms with Crippen LogP contribution in [0.5, 0.6) is 0 Å². The van der Waals surface area contributed by atoms with Crippen LogP contribution in [0.3, 0.4) is 0 Å². The van der Waals surface area contributed by atoms with Crippen molar-refractivity contribution in [3.63, 3.8) is 0 Å². The zero-order valence-corrected chi connectivity index (χ0v) is 27.0. The Morgan fingerprint density at radius 2 is 0.735 bits per heavy atom. The van der Waals surface area contributed by atoms with Gasteiger partial charge in [0, 0.05) is 22.3 Å². The van der Waals surface area contributed by atoms with Gasteiger partial charge in [-0.2, -0.15) is 0 Å². The second kappa shape index (κ2) is 12.3. The van der Waals surface area contributed by atoms with Gasteiger partial charge in [0.2, 0.25) is 0 Å². The van der Waals surface area contributed by atoms with Gasteiger partial charge in [0.1, 0.15) is 0 Å². The fraction of sp³-hybridized carbons (Fsp3) is 0. The number of nitrogens with zero attached hydrogens (tertiary/aromatic N) is 1. The molecule has 0 amide bonds. The largest absolute Gasteiger partial charge is 0.309 e. The molecule has 49 heavy (non-hydrogen) atoms. The van der Waals surface area contributed by atoms with Crippen molar-refractivity contribution in [2.45, 2.75) is 0 Å². The van der Waals surface area contributed by atoms with E-state index in [9.17, 15) is 0 Å². The van der Waals surface area contributed by atoms with Gasteiger partial charge >= 0.3 is 0 Å². The van der Waals surface area contributed by atoms with Gasteiger partial charge in [-0.05, 0) is 85.1 Å². The summed E-state index contributed by atoms with van der Waals surface area (Å²) in [5.41, 5.74) is 10.5. The second-order valence-electron chi connectivity index (χ2n) is 12.5. The fourth-order valence-electron chi connectivity index (χ4n) is 7.31. The molecule has 0 N–H and O–H groups in total. The highest BCUT2D eigenvalue weighted by Crippen LogP contribution is 2.50. The minimum atomic E-state index is 1.11. The highest BCUT2D eigenvalue weighted by atomic mass is 15.1. The van der Waals surface area contributed by atoms with Gasteiger partial charge in [-0.15, -0.1) is 0 Å². The molecule has 0 fully saturated rings. The predicted octanol–water partition coefficient (Wildman–Crippen LogP) is 13.6. The molecule has 0 radical (unpaired) electrons. The lowest BCUT2D eigenvalue weighted by atomic mass is 9.89. The van der Waals surface area contributed by atoms with E-state index in [4.69, 9.17) is 0 Å². The van der Waals surface area contributed by atoms with Gasteiger partial charge < -0.3 is 4.90 Å². The smallest absolute Gasteiger partial charge is 0.0624 e. The van der Waals surface area contributed by atoms with Gasteiger partial charge in [0.25, 0.3) is 0 Å². The fourth-order valence-corrected chi connectivity index (χ4v) is 7.31. The Labute approximate surface area is 287 Å². The van der Waals surface area contributed by atoms with Crippen LogP contribution in [0.4, 0.5) is 17.1 Å². The van der Waals surface area contributed by atoms with Crippen molar-refractivity contribution < 1.29 is 0 Å². The third-order valence-corrected chi connectivity index (χ3v) is 9.59. The molecular weight excluding hydrogens is 591 g/mol. The van der Waals surface area contributed by atoms with Crippen molar-refractivity contribution in [2.24, 2.45) is 0 Å². The van der Waals surface area contributed by atoms with Crippen LogP contribution in [-0.2, 0) is 0 Å². The standard InChI is InChI=1S/C48H33N/c1-3-15-34(16-4-1)38-21-13-23-41(32-38)49(42-24-14-22-39(33-42)35-17-5-2-6-18-35)48-46-28-12-10-26-44(46)43-25-9-11-27-45(43)47(48)40-30-29-36-19-7-8-20-37(36)31-40/h1-33H. The van der Waals surface area contributed by atoms with Crippen LogP contribution >= 0.6 is 0 Å². The first-order valence-corrected chi connectivity index (χ1v) is 16.9. The number of hydrogen-bond acceptors (Lipinski definition) is 1. The molecule has 230 valence electrons. The summed E-state index contributed by atoms with van der Waals surface area (Å²) < 4.78 is 0. The number of fused-ring (bicyclic) bond motifs is 4. The van der Waals surface area contributed by atoms with Crippen molar-refractivity contribution in [3.8, 4) is 33.4 Å². The first-order chi connectivity index (χ1) is 24.3. The van der Waals surface area contributed by atoms with Gasteiger partial charge in [-0.3, -0.25) is 0 Å². The van der Waals surface area contributed by atoms with E-state index in [-0.39, 0.29) is 0 Å². The molecule has 0 aromatic heterocycles. The Bertz CT molecular complexity index is 2520. The molecule has 0 saturated heterocycles. The molecule has 0 spiro atoms. The maximum atomic E-state index is 2.48. The maximum absolute atomic E-state index is 2.48. The zero-order valence-electron chi connectivity index (χ0n) is 27.0. The van der Waals surface area contributed by atoms with Crippen molar-refractivity contribution >= 4 is 49.4 Å². The van der Waals surface area contributed by atoms with Crippen LogP contribution in [-0.4, -0.2) is 0 Å². The molecule has 0 saturated carbocycles. The number of benzene rings is 9. The molecule has 0 aliphatic heterocycles. The molecule has 9 rings (SSSR count). The SMILES string of the molecule is c1ccc(-c2cccc(N(c3cccc(-c4ccccc4)c3)c3c(-c4ccc5ccccc5c4)c4ccccc4c4ccccc34)c2)cc1. The van der Waals surface area contributed by atoms with Crippen LogP contribution in [0.25, 0.3) is 65.7 Å². The third kappa shape index (κ3) is 5.23. The summed E-state index contributed by atoms with van der Waals surface area (Å²) in [6.07, 6.45) is 0. The molecule has 0 atom stereocenters. The Hall–Kier alpha value is -6.44. The van der Waals surface area contributed by atoms with Gasteiger partial charge in [-0.25, -0.2) is 0 Å². The second-order valence-corrected chi connectivity index (χ2v) is 12.5. The topological polar surface area (TPSA) is 3.24 Å². The van der Waals surface area contributed by atoms with Crippen molar-refractivity contribution in [1.29, 1.82) is 0 Å². The summed E-state index contributed by atoms with van der Waals surface area (Å²) in [5.74, 6) is 0. The molecule has 0 aliphatic rings. The summed E-state index contributed by atoms with van der Waals surface area (Å²) in [4.78, 5) is 2.48. The quantitative estimate of drug-likeness (QED) is 0.167. The molecule has 0 bridgehead atoms. The lowest BCUT2D eigenvalue weighted by molar-refractivity contribution is 1.30.